The molecular formula is C16H14ClNO3. The van der Waals surface area contributed by atoms with Crippen LogP contribution in [0.1, 0.15) is 18.1 Å². The minimum absolute atomic E-state index is 0.0996. The molecule has 0 saturated carbocycles. The third kappa shape index (κ3) is 4.61. The van der Waals surface area contributed by atoms with E-state index >= 15 is 0 Å². The van der Waals surface area contributed by atoms with Gasteiger partial charge in [-0.15, -0.1) is 0 Å². The molecule has 0 bridgehead atoms. The van der Waals surface area contributed by atoms with Gasteiger partial charge in [-0.1, -0.05) is 35.9 Å². The number of hydrogen-bond acceptors (Lipinski definition) is 3. The molecule has 0 aliphatic rings. The predicted molar refractivity (Wildman–Crippen MR) is 82.9 cm³/mol. The number of nitrogens with zero attached hydrogens (tertiary/aromatic N) is 1. The van der Waals surface area contributed by atoms with Crippen LogP contribution in [0.15, 0.2) is 54.2 Å². The minimum Gasteiger partial charge on any atom is -0.489 e. The first kappa shape index (κ1) is 15.1. The van der Waals surface area contributed by atoms with Gasteiger partial charge in [0.2, 0.25) is 5.70 Å². The van der Waals surface area contributed by atoms with E-state index in [1.54, 1.807) is 24.3 Å². The van der Waals surface area contributed by atoms with Crippen molar-refractivity contribution in [1.29, 1.82) is 0 Å². The van der Waals surface area contributed by atoms with Crippen LogP contribution in [0.5, 0.6) is 5.75 Å². The van der Waals surface area contributed by atoms with Crippen LogP contribution in [0.4, 0.5) is 0 Å². The van der Waals surface area contributed by atoms with E-state index < -0.39 is 4.92 Å². The predicted octanol–water partition coefficient (Wildman–Crippen LogP) is 4.56. The summed E-state index contributed by atoms with van der Waals surface area (Å²) in [6, 6.07) is 14.6. The fraction of sp³-hybridized carbons (Fsp3) is 0.125. The zero-order chi connectivity index (χ0) is 15.2. The van der Waals surface area contributed by atoms with E-state index in [1.807, 2.05) is 24.3 Å². The first-order valence-electron chi connectivity index (χ1n) is 6.34. The van der Waals surface area contributed by atoms with Gasteiger partial charge in [-0.25, -0.2) is 0 Å². The van der Waals surface area contributed by atoms with Crippen LogP contribution >= 0.6 is 11.6 Å². The molecular weight excluding hydrogens is 290 g/mol. The summed E-state index contributed by atoms with van der Waals surface area (Å²) < 4.78 is 5.64. The van der Waals surface area contributed by atoms with Crippen LogP contribution in [0, 0.1) is 10.1 Å². The summed E-state index contributed by atoms with van der Waals surface area (Å²) in [5.74, 6) is 0.700. The van der Waals surface area contributed by atoms with Gasteiger partial charge in [0.1, 0.15) is 12.4 Å². The van der Waals surface area contributed by atoms with Crippen LogP contribution in [0.25, 0.3) is 6.08 Å². The molecule has 0 unspecified atom stereocenters. The molecule has 0 aromatic heterocycles. The summed E-state index contributed by atoms with van der Waals surface area (Å²) in [6.45, 7) is 1.88. The second-order valence-electron chi connectivity index (χ2n) is 4.53. The number of benzene rings is 2. The molecule has 108 valence electrons. The second-order valence-corrected chi connectivity index (χ2v) is 4.97. The van der Waals surface area contributed by atoms with Crippen LogP contribution in [-0.4, -0.2) is 4.92 Å². The van der Waals surface area contributed by atoms with Gasteiger partial charge in [0.15, 0.2) is 0 Å². The number of nitro groups is 1. The molecule has 0 heterocycles. The normalized spacial score (nSPS) is 11.2. The number of hydrogen-bond donors (Lipinski definition) is 0. The summed E-state index contributed by atoms with van der Waals surface area (Å²) in [4.78, 5) is 10.1. The van der Waals surface area contributed by atoms with Crippen molar-refractivity contribution in [2.45, 2.75) is 13.5 Å². The maximum Gasteiger partial charge on any atom is 0.243 e. The molecule has 2 aromatic rings. The van der Waals surface area contributed by atoms with Gasteiger partial charge < -0.3 is 4.74 Å². The molecule has 0 atom stereocenters. The molecule has 0 radical (unpaired) electrons. The zero-order valence-corrected chi connectivity index (χ0v) is 12.2. The highest BCUT2D eigenvalue weighted by Gasteiger charge is 2.02. The van der Waals surface area contributed by atoms with Crippen molar-refractivity contribution >= 4 is 17.7 Å². The molecule has 0 N–H and O–H groups in total. The second kappa shape index (κ2) is 6.90. The number of allylic oxidation sites excluding steroid dienone is 1. The van der Waals surface area contributed by atoms with Crippen molar-refractivity contribution in [2.75, 3.05) is 0 Å². The first-order valence-corrected chi connectivity index (χ1v) is 6.72. The molecule has 2 rings (SSSR count). The fourth-order valence-electron chi connectivity index (χ4n) is 1.75. The molecule has 0 amide bonds. The standard InChI is InChI=1S/C16H14ClNO3/c1-12(18(19)20)9-13-5-7-16(8-6-13)21-11-14-3-2-4-15(17)10-14/h2-10H,11H2,1H3. The van der Waals surface area contributed by atoms with E-state index in [2.05, 4.69) is 0 Å². The van der Waals surface area contributed by atoms with Crippen molar-refractivity contribution in [3.8, 4) is 5.75 Å². The minimum atomic E-state index is -0.413. The summed E-state index contributed by atoms with van der Waals surface area (Å²) in [5.41, 5.74) is 1.84. The average molecular weight is 304 g/mol. The lowest BCUT2D eigenvalue weighted by Crippen LogP contribution is -1.95. The average Bonchev–Trinajstić information content (AvgIpc) is 2.46. The third-order valence-electron chi connectivity index (χ3n) is 2.84. The summed E-state index contributed by atoms with van der Waals surface area (Å²) in [7, 11) is 0. The van der Waals surface area contributed by atoms with E-state index in [4.69, 9.17) is 16.3 Å². The van der Waals surface area contributed by atoms with Crippen LogP contribution in [0.3, 0.4) is 0 Å². The van der Waals surface area contributed by atoms with Gasteiger partial charge in [0, 0.05) is 18.0 Å². The number of rotatable bonds is 5. The Hall–Kier alpha value is -2.33. The highest BCUT2D eigenvalue weighted by Crippen LogP contribution is 2.17. The van der Waals surface area contributed by atoms with Gasteiger partial charge >= 0.3 is 0 Å². The Balaban J connectivity index is 2.00. The number of halogens is 1. The van der Waals surface area contributed by atoms with Crippen molar-refractivity contribution < 1.29 is 9.66 Å². The molecule has 2 aromatic carbocycles. The Kier molecular flexibility index (Phi) is 4.95. The SMILES string of the molecule is CC(=Cc1ccc(OCc2cccc(Cl)c2)cc1)[N+](=O)[O-]. The molecule has 4 nitrogen and oxygen atoms in total. The quantitative estimate of drug-likeness (QED) is 0.601. The van der Waals surface area contributed by atoms with Gasteiger partial charge in [-0.2, -0.15) is 0 Å². The summed E-state index contributed by atoms with van der Waals surface area (Å²) in [5, 5.41) is 11.2. The Morgan fingerprint density at radius 2 is 2.00 bits per heavy atom. The summed E-state index contributed by atoms with van der Waals surface area (Å²) in [6.07, 6.45) is 1.51. The monoisotopic (exact) mass is 303 g/mol. The lowest BCUT2D eigenvalue weighted by molar-refractivity contribution is -0.422. The maximum atomic E-state index is 10.6. The van der Waals surface area contributed by atoms with Gasteiger partial charge in [0.05, 0.1) is 4.92 Å². The van der Waals surface area contributed by atoms with Crippen molar-refractivity contribution in [2.24, 2.45) is 0 Å². The largest absolute Gasteiger partial charge is 0.489 e. The molecule has 0 aliphatic heterocycles. The zero-order valence-electron chi connectivity index (χ0n) is 11.5. The van der Waals surface area contributed by atoms with Crippen molar-refractivity contribution in [1.82, 2.24) is 0 Å². The van der Waals surface area contributed by atoms with Crippen LogP contribution < -0.4 is 4.74 Å². The van der Waals surface area contributed by atoms with Crippen LogP contribution in [0.2, 0.25) is 5.02 Å². The van der Waals surface area contributed by atoms with E-state index in [1.165, 1.54) is 13.0 Å². The lowest BCUT2D eigenvalue weighted by atomic mass is 10.2. The molecule has 21 heavy (non-hydrogen) atoms. The smallest absolute Gasteiger partial charge is 0.243 e. The van der Waals surface area contributed by atoms with E-state index in [-0.39, 0.29) is 5.70 Å². The molecule has 0 spiro atoms. The Morgan fingerprint density at radius 1 is 1.29 bits per heavy atom. The van der Waals surface area contributed by atoms with Crippen molar-refractivity contribution in [3.05, 3.63) is 80.5 Å². The first-order chi connectivity index (χ1) is 10.0. The third-order valence-corrected chi connectivity index (χ3v) is 3.07. The molecule has 0 aliphatic carbocycles. The Morgan fingerprint density at radius 3 is 2.62 bits per heavy atom. The molecule has 0 fully saturated rings. The summed E-state index contributed by atoms with van der Waals surface area (Å²) >= 11 is 5.90. The fourth-order valence-corrected chi connectivity index (χ4v) is 1.96. The van der Waals surface area contributed by atoms with E-state index in [0.29, 0.717) is 17.4 Å². The molecule has 0 saturated heterocycles. The molecule has 5 heteroatoms. The Bertz CT molecular complexity index is 665. The maximum absolute atomic E-state index is 10.6. The van der Waals surface area contributed by atoms with Gasteiger partial charge in [0.25, 0.3) is 0 Å². The van der Waals surface area contributed by atoms with E-state index in [0.717, 1.165) is 11.1 Å². The van der Waals surface area contributed by atoms with Gasteiger partial charge in [-0.3, -0.25) is 10.1 Å². The number of ether oxygens (including phenoxy) is 1. The lowest BCUT2D eigenvalue weighted by Gasteiger charge is -2.06. The topological polar surface area (TPSA) is 52.4 Å². The van der Waals surface area contributed by atoms with Crippen LogP contribution in [-0.2, 0) is 6.61 Å². The van der Waals surface area contributed by atoms with E-state index in [9.17, 15) is 10.1 Å². The highest BCUT2D eigenvalue weighted by atomic mass is 35.5. The van der Waals surface area contributed by atoms with Crippen molar-refractivity contribution in [3.63, 3.8) is 0 Å². The van der Waals surface area contributed by atoms with Gasteiger partial charge in [-0.05, 0) is 35.4 Å². The Labute approximate surface area is 127 Å². The highest BCUT2D eigenvalue weighted by molar-refractivity contribution is 6.30.